The van der Waals surface area contributed by atoms with Crippen LogP contribution >= 0.6 is 0 Å². The van der Waals surface area contributed by atoms with Gasteiger partial charge in [0.2, 0.25) is 11.8 Å². The average molecular weight is 909 g/mol. The van der Waals surface area contributed by atoms with E-state index in [1.165, 1.54) is 55.4 Å². The molecule has 0 aliphatic rings. The number of Topliss-reactive ketones (excluding diaryl/α,β-unsaturated/α-hetero) is 6. The van der Waals surface area contributed by atoms with Crippen molar-refractivity contribution in [3.8, 4) is 0 Å². The number of anilines is 2. The van der Waals surface area contributed by atoms with Crippen molar-refractivity contribution < 1.29 is 38.4 Å². The number of hydrogen-bond acceptors (Lipinski definition) is 8. The molecule has 8 aromatic rings. The van der Waals surface area contributed by atoms with Gasteiger partial charge in [-0.3, -0.25) is 38.4 Å². The van der Waals surface area contributed by atoms with Gasteiger partial charge in [-0.15, -0.1) is 0 Å². The number of hydrogen-bond donors (Lipinski definition) is 2. The highest BCUT2D eigenvalue weighted by Gasteiger charge is 2.42. The van der Waals surface area contributed by atoms with Crippen LogP contribution in [0.3, 0.4) is 0 Å². The zero-order valence-corrected chi connectivity index (χ0v) is 39.9. The van der Waals surface area contributed by atoms with Crippen molar-refractivity contribution in [2.75, 3.05) is 10.6 Å². The number of benzene rings is 8. The van der Waals surface area contributed by atoms with E-state index in [0.717, 1.165) is 64.6 Å². The first-order chi connectivity index (χ1) is 32.0. The lowest BCUT2D eigenvalue weighted by Gasteiger charge is -2.26. The fraction of sp³-hybridized carbons (Fsp3) is 0.310. The normalized spacial score (nSPS) is 12.6. The first-order valence-corrected chi connectivity index (χ1v) is 23.2. The highest BCUT2D eigenvalue weighted by Crippen LogP contribution is 2.40. The van der Waals surface area contributed by atoms with Gasteiger partial charge in [0.05, 0.1) is 10.8 Å². The van der Waals surface area contributed by atoms with Gasteiger partial charge in [0.25, 0.3) is 0 Å². The third-order valence-electron chi connectivity index (χ3n) is 14.6. The number of amides is 2. The van der Waals surface area contributed by atoms with Crippen molar-refractivity contribution in [3.63, 3.8) is 0 Å². The van der Waals surface area contributed by atoms with E-state index < -0.39 is 68.2 Å². The van der Waals surface area contributed by atoms with E-state index >= 15 is 0 Å². The van der Waals surface area contributed by atoms with E-state index in [0.29, 0.717) is 11.4 Å². The quantitative estimate of drug-likeness (QED) is 0.0599. The van der Waals surface area contributed by atoms with E-state index in [-0.39, 0.29) is 38.5 Å². The summed E-state index contributed by atoms with van der Waals surface area (Å²) in [7, 11) is 0. The molecule has 2 N–H and O–H groups in total. The minimum Gasteiger partial charge on any atom is -0.325 e. The maximum absolute atomic E-state index is 13.7. The smallest absolute Gasteiger partial charge is 0.237 e. The topological polar surface area (TPSA) is 161 Å². The van der Waals surface area contributed by atoms with Crippen LogP contribution in [0.25, 0.3) is 64.6 Å². The molecule has 0 fully saturated rings. The number of carbonyl (C=O) groups excluding carboxylic acids is 8. The summed E-state index contributed by atoms with van der Waals surface area (Å²) in [5.41, 5.74) is -4.95. The number of ketones is 6. The second-order valence-corrected chi connectivity index (χ2v) is 20.4. The number of carbonyl (C=O) groups is 8. The van der Waals surface area contributed by atoms with Crippen LogP contribution in [0.4, 0.5) is 11.4 Å². The molecular formula is C58H56N2O8. The Morgan fingerprint density at radius 3 is 0.838 bits per heavy atom. The van der Waals surface area contributed by atoms with Gasteiger partial charge < -0.3 is 10.6 Å². The van der Waals surface area contributed by atoms with Crippen molar-refractivity contribution in [3.05, 3.63) is 109 Å². The average Bonchev–Trinajstić information content (AvgIpc) is 3.32. The van der Waals surface area contributed by atoms with Crippen molar-refractivity contribution >= 4 is 123 Å². The summed E-state index contributed by atoms with van der Waals surface area (Å²) in [6, 6.07) is 35.9. The van der Waals surface area contributed by atoms with Gasteiger partial charge in [0.1, 0.15) is 45.5 Å². The Kier molecular flexibility index (Phi) is 12.1. The first-order valence-electron chi connectivity index (χ1n) is 23.2. The van der Waals surface area contributed by atoms with Crippen molar-refractivity contribution in [1.29, 1.82) is 0 Å². The SMILES string of the molecule is CC(C)(C(=O)CCC(=O)C(C)(C)C(=O)CCC(=O)C(C)(C)C(=O)Nc1ccc2ccc3cccc4ccc1c2c34)C(=O)CCC(=O)C(C)(C)C(=O)Nc1ccc2ccc3cccc4ccc1c2c34. The molecule has 0 spiro atoms. The minimum atomic E-state index is -1.54. The molecule has 0 atom stereocenters. The summed E-state index contributed by atoms with van der Waals surface area (Å²) >= 11 is 0. The third kappa shape index (κ3) is 8.30. The van der Waals surface area contributed by atoms with Gasteiger partial charge in [-0.1, -0.05) is 97.1 Å². The molecule has 0 aromatic heterocycles. The van der Waals surface area contributed by atoms with Crippen molar-refractivity contribution in [1.82, 2.24) is 0 Å². The summed E-state index contributed by atoms with van der Waals surface area (Å²) < 4.78 is 0. The molecule has 68 heavy (non-hydrogen) atoms. The van der Waals surface area contributed by atoms with E-state index in [4.69, 9.17) is 0 Å². The summed E-state index contributed by atoms with van der Waals surface area (Å²) in [4.78, 5) is 108. The van der Waals surface area contributed by atoms with Crippen LogP contribution in [0.2, 0.25) is 0 Å². The van der Waals surface area contributed by atoms with E-state index in [1.807, 2.05) is 97.1 Å². The van der Waals surface area contributed by atoms with Crippen LogP contribution in [0, 0.1) is 21.7 Å². The lowest BCUT2D eigenvalue weighted by Crippen LogP contribution is -2.40. The van der Waals surface area contributed by atoms with Crippen LogP contribution < -0.4 is 10.6 Å². The molecular weight excluding hydrogens is 853 g/mol. The molecule has 8 rings (SSSR count). The molecule has 0 saturated heterocycles. The van der Waals surface area contributed by atoms with Gasteiger partial charge >= 0.3 is 0 Å². The highest BCUT2D eigenvalue weighted by atomic mass is 16.2. The first kappa shape index (κ1) is 47.3. The summed E-state index contributed by atoms with van der Waals surface area (Å²) in [6.45, 7) is 11.8. The van der Waals surface area contributed by atoms with Crippen LogP contribution in [-0.2, 0) is 38.4 Å². The predicted octanol–water partition coefficient (Wildman–Crippen LogP) is 11.9. The Hall–Kier alpha value is -7.20. The molecule has 0 radical (unpaired) electrons. The minimum absolute atomic E-state index is 0.272. The second-order valence-electron chi connectivity index (χ2n) is 20.4. The lowest BCUT2D eigenvalue weighted by atomic mass is 9.75. The number of nitrogens with one attached hydrogen (secondary N) is 2. The Morgan fingerprint density at radius 1 is 0.309 bits per heavy atom. The molecule has 0 aliphatic carbocycles. The second kappa shape index (κ2) is 17.5. The maximum atomic E-state index is 13.7. The molecule has 346 valence electrons. The highest BCUT2D eigenvalue weighted by molar-refractivity contribution is 6.28. The van der Waals surface area contributed by atoms with E-state index in [1.54, 1.807) is 0 Å². The fourth-order valence-electron chi connectivity index (χ4n) is 9.37. The van der Waals surface area contributed by atoms with Gasteiger partial charge in [0, 0.05) is 60.7 Å². The van der Waals surface area contributed by atoms with Crippen molar-refractivity contribution in [2.45, 2.75) is 93.9 Å². The van der Waals surface area contributed by atoms with E-state index in [9.17, 15) is 38.4 Å². The molecule has 2 amide bonds. The molecule has 0 aliphatic heterocycles. The fourth-order valence-corrected chi connectivity index (χ4v) is 9.37. The zero-order valence-electron chi connectivity index (χ0n) is 39.9. The lowest BCUT2D eigenvalue weighted by molar-refractivity contribution is -0.144. The van der Waals surface area contributed by atoms with Crippen LogP contribution in [-0.4, -0.2) is 46.5 Å². The summed E-state index contributed by atoms with van der Waals surface area (Å²) in [6.07, 6.45) is -1.74. The van der Waals surface area contributed by atoms with E-state index in [2.05, 4.69) is 22.8 Å². The van der Waals surface area contributed by atoms with Crippen LogP contribution in [0.15, 0.2) is 109 Å². The molecule has 0 heterocycles. The molecule has 8 aromatic carbocycles. The molecule has 10 nitrogen and oxygen atoms in total. The van der Waals surface area contributed by atoms with Gasteiger partial charge in [-0.05, 0) is 121 Å². The zero-order chi connectivity index (χ0) is 49.1. The number of rotatable bonds is 19. The molecule has 0 saturated carbocycles. The summed E-state index contributed by atoms with van der Waals surface area (Å²) in [5, 5.41) is 18.2. The Morgan fingerprint density at radius 2 is 0.544 bits per heavy atom. The monoisotopic (exact) mass is 908 g/mol. The largest absolute Gasteiger partial charge is 0.325 e. The van der Waals surface area contributed by atoms with Gasteiger partial charge in [0.15, 0.2) is 0 Å². The summed E-state index contributed by atoms with van der Waals surface area (Å²) in [5.74, 6) is -4.04. The predicted molar refractivity (Wildman–Crippen MR) is 270 cm³/mol. The van der Waals surface area contributed by atoms with Crippen LogP contribution in [0.5, 0.6) is 0 Å². The Balaban J connectivity index is 0.821. The maximum Gasteiger partial charge on any atom is 0.237 e. The Labute approximate surface area is 394 Å². The molecule has 0 bridgehead atoms. The Bertz CT molecular complexity index is 3150. The van der Waals surface area contributed by atoms with Gasteiger partial charge in [-0.2, -0.15) is 0 Å². The standard InChI is InChI=1S/C58H56N2O8/c1-55(2,45(63)29-31-47(65)57(5,6)53(67)59-41-25-21-37-17-15-33-11-9-13-35-19-23-39(41)51(37)49(33)35)43(61)27-28-44(62)56(3,4)46(64)30-32-48(66)58(7,8)54(68)60-42-26-22-38-18-16-34-12-10-14-36-20-24-40(42)52(38)50(34)36/h9-26H,27-32H2,1-8H3,(H,59,67)(H,60,68). The van der Waals surface area contributed by atoms with Crippen molar-refractivity contribution in [2.24, 2.45) is 21.7 Å². The molecule has 10 heteroatoms. The van der Waals surface area contributed by atoms with Crippen LogP contribution in [0.1, 0.15) is 93.9 Å². The third-order valence-corrected chi connectivity index (χ3v) is 14.6. The van der Waals surface area contributed by atoms with Gasteiger partial charge in [-0.25, -0.2) is 0 Å². The molecule has 0 unspecified atom stereocenters.